The van der Waals surface area contributed by atoms with Crippen LogP contribution >= 0.6 is 0 Å². The maximum Gasteiger partial charge on any atom is 0.225 e. The van der Waals surface area contributed by atoms with E-state index in [1.807, 2.05) is 0 Å². The zero-order valence-corrected chi connectivity index (χ0v) is 11.8. The lowest BCUT2D eigenvalue weighted by atomic mass is 9.81. The predicted octanol–water partition coefficient (Wildman–Crippen LogP) is -0.750. The van der Waals surface area contributed by atoms with Gasteiger partial charge in [0.25, 0.3) is 0 Å². The van der Waals surface area contributed by atoms with Crippen LogP contribution in [0.2, 0.25) is 0 Å². The maximum atomic E-state index is 12.2. The van der Waals surface area contributed by atoms with Crippen molar-refractivity contribution in [3.63, 3.8) is 0 Å². The molecule has 0 radical (unpaired) electrons. The molecule has 2 heterocycles. The Balaban J connectivity index is 1.66. The third kappa shape index (κ3) is 2.28. The van der Waals surface area contributed by atoms with E-state index in [2.05, 4.69) is 0 Å². The lowest BCUT2D eigenvalue weighted by Crippen LogP contribution is -2.45. The highest BCUT2D eigenvalue weighted by molar-refractivity contribution is 7.88. The molecule has 108 valence electrons. The first-order valence-electron chi connectivity index (χ1n) is 6.80. The Morgan fingerprint density at radius 3 is 2.53 bits per heavy atom. The highest BCUT2D eigenvalue weighted by Gasteiger charge is 2.47. The third-order valence-corrected chi connectivity index (χ3v) is 6.00. The first kappa shape index (κ1) is 13.3. The fraction of sp³-hybridized carbons (Fsp3) is 0.917. The fourth-order valence-corrected chi connectivity index (χ4v) is 4.73. The van der Waals surface area contributed by atoms with Gasteiger partial charge in [0.05, 0.1) is 12.4 Å². The molecule has 3 fully saturated rings. The summed E-state index contributed by atoms with van der Waals surface area (Å²) in [4.78, 5) is 14.0. The summed E-state index contributed by atoms with van der Waals surface area (Å²) in [6, 6.07) is -0.0380. The van der Waals surface area contributed by atoms with Gasteiger partial charge in [0.2, 0.25) is 15.9 Å². The van der Waals surface area contributed by atoms with E-state index in [-0.39, 0.29) is 29.9 Å². The van der Waals surface area contributed by atoms with E-state index < -0.39 is 10.0 Å². The van der Waals surface area contributed by atoms with Gasteiger partial charge in [0, 0.05) is 31.6 Å². The van der Waals surface area contributed by atoms with Crippen LogP contribution in [0, 0.1) is 11.8 Å². The summed E-state index contributed by atoms with van der Waals surface area (Å²) < 4.78 is 24.9. The molecule has 2 aliphatic heterocycles. The Labute approximate surface area is 113 Å². The van der Waals surface area contributed by atoms with Crippen LogP contribution in [0.4, 0.5) is 0 Å². The van der Waals surface area contributed by atoms with Crippen LogP contribution in [0.25, 0.3) is 0 Å². The number of sulfonamides is 1. The van der Waals surface area contributed by atoms with Gasteiger partial charge in [-0.15, -0.1) is 0 Å². The highest BCUT2D eigenvalue weighted by Crippen LogP contribution is 2.36. The molecule has 3 aliphatic rings. The Morgan fingerprint density at radius 2 is 1.95 bits per heavy atom. The van der Waals surface area contributed by atoms with E-state index in [1.54, 1.807) is 9.21 Å². The molecule has 1 aliphatic carbocycles. The fourth-order valence-electron chi connectivity index (χ4n) is 3.56. The minimum absolute atomic E-state index is 0.0380. The molecule has 0 aromatic rings. The SMILES string of the molecule is CS(=O)(=O)N1CC[C@@H]2CN(C(=O)C3CC(O)C3)C[C@@H]21. The molecule has 19 heavy (non-hydrogen) atoms. The van der Waals surface area contributed by atoms with Crippen LogP contribution in [-0.4, -0.2) is 66.7 Å². The molecule has 2 atom stereocenters. The number of amides is 1. The lowest BCUT2D eigenvalue weighted by Gasteiger charge is -2.33. The molecular weight excluding hydrogens is 268 g/mol. The second-order valence-corrected chi connectivity index (χ2v) is 7.99. The molecule has 0 aromatic heterocycles. The number of aliphatic hydroxyl groups excluding tert-OH is 1. The largest absolute Gasteiger partial charge is 0.393 e. The molecule has 1 saturated carbocycles. The molecule has 3 rings (SSSR count). The number of aliphatic hydroxyl groups is 1. The molecule has 0 aromatic carbocycles. The number of likely N-dealkylation sites (tertiary alicyclic amines) is 1. The molecule has 6 nitrogen and oxygen atoms in total. The smallest absolute Gasteiger partial charge is 0.225 e. The van der Waals surface area contributed by atoms with Gasteiger partial charge in [0.15, 0.2) is 0 Å². The van der Waals surface area contributed by atoms with E-state index >= 15 is 0 Å². The van der Waals surface area contributed by atoms with Crippen LogP contribution in [-0.2, 0) is 14.8 Å². The van der Waals surface area contributed by atoms with Crippen molar-refractivity contribution in [3.05, 3.63) is 0 Å². The number of nitrogens with zero attached hydrogens (tertiary/aromatic N) is 2. The van der Waals surface area contributed by atoms with Crippen molar-refractivity contribution in [1.82, 2.24) is 9.21 Å². The quantitative estimate of drug-likeness (QED) is 0.725. The summed E-state index contributed by atoms with van der Waals surface area (Å²) in [5.41, 5.74) is 0. The minimum Gasteiger partial charge on any atom is -0.393 e. The summed E-state index contributed by atoms with van der Waals surface area (Å²) in [6.45, 7) is 1.77. The summed E-state index contributed by atoms with van der Waals surface area (Å²) in [7, 11) is -3.17. The average Bonchev–Trinajstić information content (AvgIpc) is 2.80. The Bertz CT molecular complexity index is 486. The van der Waals surface area contributed by atoms with E-state index in [9.17, 15) is 18.3 Å². The predicted molar refractivity (Wildman–Crippen MR) is 68.8 cm³/mol. The van der Waals surface area contributed by atoms with Gasteiger partial charge in [0.1, 0.15) is 0 Å². The van der Waals surface area contributed by atoms with Gasteiger partial charge in [-0.2, -0.15) is 4.31 Å². The van der Waals surface area contributed by atoms with Gasteiger partial charge >= 0.3 is 0 Å². The first-order valence-corrected chi connectivity index (χ1v) is 8.65. The summed E-state index contributed by atoms with van der Waals surface area (Å²) in [5, 5.41) is 9.26. The van der Waals surface area contributed by atoms with Gasteiger partial charge in [-0.05, 0) is 25.2 Å². The monoisotopic (exact) mass is 288 g/mol. The number of hydrogen-bond acceptors (Lipinski definition) is 4. The molecule has 2 saturated heterocycles. The topological polar surface area (TPSA) is 77.9 Å². The van der Waals surface area contributed by atoms with E-state index in [4.69, 9.17) is 0 Å². The Morgan fingerprint density at radius 1 is 1.26 bits per heavy atom. The van der Waals surface area contributed by atoms with Crippen molar-refractivity contribution in [2.24, 2.45) is 11.8 Å². The summed E-state index contributed by atoms with van der Waals surface area (Å²) in [6.07, 6.45) is 2.86. The van der Waals surface area contributed by atoms with Crippen molar-refractivity contribution in [3.8, 4) is 0 Å². The van der Waals surface area contributed by atoms with Crippen molar-refractivity contribution in [2.75, 3.05) is 25.9 Å². The second-order valence-electron chi connectivity index (χ2n) is 6.06. The van der Waals surface area contributed by atoms with Crippen LogP contribution < -0.4 is 0 Å². The van der Waals surface area contributed by atoms with Crippen LogP contribution in [0.15, 0.2) is 0 Å². The van der Waals surface area contributed by atoms with Gasteiger partial charge in [-0.1, -0.05) is 0 Å². The van der Waals surface area contributed by atoms with E-state index in [0.29, 0.717) is 32.5 Å². The zero-order valence-electron chi connectivity index (χ0n) is 11.0. The van der Waals surface area contributed by atoms with Gasteiger partial charge in [-0.3, -0.25) is 4.79 Å². The Hall–Kier alpha value is -0.660. The molecule has 0 bridgehead atoms. The van der Waals surface area contributed by atoms with Crippen LogP contribution in [0.5, 0.6) is 0 Å². The summed E-state index contributed by atoms with van der Waals surface area (Å²) in [5.74, 6) is 0.317. The number of hydrogen-bond donors (Lipinski definition) is 1. The van der Waals surface area contributed by atoms with Crippen molar-refractivity contribution in [1.29, 1.82) is 0 Å². The standard InChI is InChI=1S/C12H20N2O4S/c1-19(17,18)14-3-2-8-6-13(7-11(8)14)12(16)9-4-10(15)5-9/h8-11,15H,2-7H2,1H3/t8-,9?,10?,11+/m1/s1. The summed E-state index contributed by atoms with van der Waals surface area (Å²) >= 11 is 0. The third-order valence-electron chi connectivity index (χ3n) is 4.70. The van der Waals surface area contributed by atoms with Crippen molar-refractivity contribution < 1.29 is 18.3 Å². The molecule has 1 N–H and O–H groups in total. The van der Waals surface area contributed by atoms with Crippen molar-refractivity contribution in [2.45, 2.75) is 31.4 Å². The van der Waals surface area contributed by atoms with Crippen LogP contribution in [0.3, 0.4) is 0 Å². The van der Waals surface area contributed by atoms with Gasteiger partial charge < -0.3 is 10.0 Å². The molecule has 7 heteroatoms. The molecule has 0 spiro atoms. The second kappa shape index (κ2) is 4.43. The van der Waals surface area contributed by atoms with Crippen molar-refractivity contribution >= 4 is 15.9 Å². The molecule has 0 unspecified atom stereocenters. The first-order chi connectivity index (χ1) is 8.86. The van der Waals surface area contributed by atoms with Gasteiger partial charge in [-0.25, -0.2) is 8.42 Å². The van der Waals surface area contributed by atoms with E-state index in [1.165, 1.54) is 6.26 Å². The lowest BCUT2D eigenvalue weighted by molar-refractivity contribution is -0.141. The normalized spacial score (nSPS) is 39.2. The number of carbonyl (C=O) groups is 1. The average molecular weight is 288 g/mol. The number of fused-ring (bicyclic) bond motifs is 1. The minimum atomic E-state index is -3.17. The van der Waals surface area contributed by atoms with E-state index in [0.717, 1.165) is 6.42 Å². The Kier molecular flexibility index (Phi) is 3.11. The molecule has 1 amide bonds. The highest BCUT2D eigenvalue weighted by atomic mass is 32.2. The number of carbonyl (C=O) groups excluding carboxylic acids is 1. The maximum absolute atomic E-state index is 12.2. The number of rotatable bonds is 2. The molecular formula is C12H20N2O4S. The van der Waals surface area contributed by atoms with Crippen LogP contribution in [0.1, 0.15) is 19.3 Å². The zero-order chi connectivity index (χ0) is 13.8.